The van der Waals surface area contributed by atoms with Crippen molar-refractivity contribution in [3.05, 3.63) is 65.7 Å². The summed E-state index contributed by atoms with van der Waals surface area (Å²) in [5.41, 5.74) is 8.83. The Morgan fingerprint density at radius 2 is 1.89 bits per heavy atom. The molecule has 27 heavy (non-hydrogen) atoms. The van der Waals surface area contributed by atoms with Gasteiger partial charge in [-0.3, -0.25) is 9.69 Å². The first kappa shape index (κ1) is 17.5. The molecule has 0 saturated carbocycles. The molecule has 2 atom stereocenters. The first-order valence-corrected chi connectivity index (χ1v) is 9.39. The molecule has 140 valence electrons. The first-order chi connectivity index (χ1) is 13.1. The van der Waals surface area contributed by atoms with Crippen molar-refractivity contribution < 1.29 is 9.59 Å². The highest BCUT2D eigenvalue weighted by Gasteiger charge is 2.34. The maximum atomic E-state index is 13.0. The third-order valence-corrected chi connectivity index (χ3v) is 5.36. The molecule has 0 bridgehead atoms. The van der Waals surface area contributed by atoms with Crippen molar-refractivity contribution in [2.45, 2.75) is 18.4 Å². The summed E-state index contributed by atoms with van der Waals surface area (Å²) in [5, 5.41) is 2.84. The van der Waals surface area contributed by atoms with Crippen molar-refractivity contribution >= 4 is 17.6 Å². The molecule has 2 aliphatic heterocycles. The van der Waals surface area contributed by atoms with Crippen LogP contribution in [-0.2, 0) is 0 Å². The summed E-state index contributed by atoms with van der Waals surface area (Å²) in [7, 11) is 0. The van der Waals surface area contributed by atoms with E-state index in [0.29, 0.717) is 31.7 Å². The molecular weight excluding hydrogens is 340 g/mol. The zero-order valence-corrected chi connectivity index (χ0v) is 15.2. The van der Waals surface area contributed by atoms with Gasteiger partial charge in [-0.2, -0.15) is 0 Å². The Balaban J connectivity index is 1.52. The largest absolute Gasteiger partial charge is 0.338 e. The van der Waals surface area contributed by atoms with Crippen LogP contribution < -0.4 is 16.0 Å². The lowest BCUT2D eigenvalue weighted by molar-refractivity contribution is 0.0789. The number of hydrogen-bond donors (Lipinski definition) is 2. The molecule has 2 aliphatic rings. The van der Waals surface area contributed by atoms with Crippen LogP contribution in [0.3, 0.4) is 0 Å². The van der Waals surface area contributed by atoms with Gasteiger partial charge in [0.25, 0.3) is 5.91 Å². The highest BCUT2D eigenvalue weighted by atomic mass is 16.2. The molecule has 2 fully saturated rings. The monoisotopic (exact) mass is 364 g/mol. The molecular formula is C21H24N4O2. The summed E-state index contributed by atoms with van der Waals surface area (Å²) in [4.78, 5) is 28.6. The highest BCUT2D eigenvalue weighted by molar-refractivity contribution is 5.98. The third-order valence-electron chi connectivity index (χ3n) is 5.36. The fraction of sp³-hybridized carbons (Fsp3) is 0.333. The minimum Gasteiger partial charge on any atom is -0.338 e. The number of carbonyl (C=O) groups is 2. The van der Waals surface area contributed by atoms with Gasteiger partial charge in [0.15, 0.2) is 0 Å². The zero-order valence-electron chi connectivity index (χ0n) is 15.2. The summed E-state index contributed by atoms with van der Waals surface area (Å²) in [6.07, 6.45) is 0.893. The minimum atomic E-state index is -0.113. The Kier molecular flexibility index (Phi) is 4.81. The van der Waals surface area contributed by atoms with E-state index < -0.39 is 0 Å². The number of nitrogens with two attached hydrogens (primary N) is 1. The topological polar surface area (TPSA) is 78.7 Å². The SMILES string of the molecule is N[C@@H]1CN(C(=O)c2cccc(N3CCCNC3=O)c2)C[C@H]1c1ccccc1. The Morgan fingerprint density at radius 3 is 2.67 bits per heavy atom. The van der Waals surface area contributed by atoms with E-state index in [9.17, 15) is 9.59 Å². The summed E-state index contributed by atoms with van der Waals surface area (Å²) in [5.74, 6) is 0.106. The van der Waals surface area contributed by atoms with Crippen molar-refractivity contribution in [2.24, 2.45) is 5.73 Å². The summed E-state index contributed by atoms with van der Waals surface area (Å²) >= 11 is 0. The second kappa shape index (κ2) is 7.40. The molecule has 3 N–H and O–H groups in total. The van der Waals surface area contributed by atoms with Crippen LogP contribution in [0.4, 0.5) is 10.5 Å². The van der Waals surface area contributed by atoms with Gasteiger partial charge in [-0.1, -0.05) is 36.4 Å². The molecule has 2 aromatic carbocycles. The standard InChI is InChI=1S/C21H24N4O2/c22-19-14-24(13-18(19)15-6-2-1-3-7-15)20(26)16-8-4-9-17(12-16)25-11-5-10-23-21(25)27/h1-4,6-9,12,18-19H,5,10-11,13-14,22H2,(H,23,27)/t18-,19+/m0/s1. The van der Waals surface area contributed by atoms with Crippen LogP contribution in [0.25, 0.3) is 0 Å². The average molecular weight is 364 g/mol. The maximum Gasteiger partial charge on any atom is 0.321 e. The van der Waals surface area contributed by atoms with E-state index in [0.717, 1.165) is 12.1 Å². The number of hydrogen-bond acceptors (Lipinski definition) is 3. The van der Waals surface area contributed by atoms with E-state index in [1.54, 1.807) is 17.0 Å². The van der Waals surface area contributed by atoms with Gasteiger partial charge in [-0.15, -0.1) is 0 Å². The lowest BCUT2D eigenvalue weighted by Gasteiger charge is -2.28. The Bertz CT molecular complexity index is 839. The highest BCUT2D eigenvalue weighted by Crippen LogP contribution is 2.28. The summed E-state index contributed by atoms with van der Waals surface area (Å²) in [6.45, 7) is 2.50. The van der Waals surface area contributed by atoms with E-state index in [-0.39, 0.29) is 23.9 Å². The number of likely N-dealkylation sites (tertiary alicyclic amines) is 1. The van der Waals surface area contributed by atoms with Crippen molar-refractivity contribution in [1.29, 1.82) is 0 Å². The van der Waals surface area contributed by atoms with Crippen LogP contribution in [-0.4, -0.2) is 49.1 Å². The Morgan fingerprint density at radius 1 is 1.07 bits per heavy atom. The van der Waals surface area contributed by atoms with Crippen molar-refractivity contribution in [2.75, 3.05) is 31.1 Å². The van der Waals surface area contributed by atoms with Gasteiger partial charge in [0.1, 0.15) is 0 Å². The normalized spacial score (nSPS) is 22.6. The zero-order chi connectivity index (χ0) is 18.8. The van der Waals surface area contributed by atoms with Crippen LogP contribution in [0.5, 0.6) is 0 Å². The van der Waals surface area contributed by atoms with Crippen LogP contribution >= 0.6 is 0 Å². The average Bonchev–Trinajstić information content (AvgIpc) is 3.10. The number of nitrogens with one attached hydrogen (secondary N) is 1. The van der Waals surface area contributed by atoms with Gasteiger partial charge in [-0.25, -0.2) is 4.79 Å². The molecule has 0 radical (unpaired) electrons. The number of anilines is 1. The number of nitrogens with zero attached hydrogens (tertiary/aromatic N) is 2. The smallest absolute Gasteiger partial charge is 0.321 e. The van der Waals surface area contributed by atoms with Crippen molar-refractivity contribution in [3.8, 4) is 0 Å². The predicted molar refractivity (Wildman–Crippen MR) is 105 cm³/mol. The molecule has 0 aliphatic carbocycles. The molecule has 2 saturated heterocycles. The first-order valence-electron chi connectivity index (χ1n) is 9.39. The molecule has 0 spiro atoms. The lowest BCUT2D eigenvalue weighted by Crippen LogP contribution is -2.46. The van der Waals surface area contributed by atoms with E-state index in [2.05, 4.69) is 17.4 Å². The van der Waals surface area contributed by atoms with Gasteiger partial charge in [-0.05, 0) is 30.2 Å². The second-order valence-electron chi connectivity index (χ2n) is 7.18. The second-order valence-corrected chi connectivity index (χ2v) is 7.18. The quantitative estimate of drug-likeness (QED) is 0.876. The van der Waals surface area contributed by atoms with Crippen molar-refractivity contribution in [1.82, 2.24) is 10.2 Å². The molecule has 3 amide bonds. The number of rotatable bonds is 3. The summed E-state index contributed by atoms with van der Waals surface area (Å²) in [6, 6.07) is 17.2. The Labute approximate surface area is 158 Å². The van der Waals surface area contributed by atoms with Gasteiger partial charge >= 0.3 is 6.03 Å². The van der Waals surface area contributed by atoms with E-state index in [4.69, 9.17) is 5.73 Å². The van der Waals surface area contributed by atoms with Crippen LogP contribution in [0.2, 0.25) is 0 Å². The molecule has 6 heteroatoms. The van der Waals surface area contributed by atoms with Gasteiger partial charge in [0, 0.05) is 49.4 Å². The number of amides is 3. The van der Waals surface area contributed by atoms with Crippen LogP contribution in [0.1, 0.15) is 28.3 Å². The van der Waals surface area contributed by atoms with Gasteiger partial charge in [0.05, 0.1) is 0 Å². The van der Waals surface area contributed by atoms with Gasteiger partial charge in [0.2, 0.25) is 0 Å². The lowest BCUT2D eigenvalue weighted by atomic mass is 9.95. The minimum absolute atomic E-state index is 0.0388. The van der Waals surface area contributed by atoms with Gasteiger partial charge < -0.3 is 16.0 Å². The van der Waals surface area contributed by atoms with Crippen LogP contribution in [0.15, 0.2) is 54.6 Å². The maximum absolute atomic E-state index is 13.0. The predicted octanol–water partition coefficient (Wildman–Crippen LogP) is 2.17. The number of benzene rings is 2. The van der Waals surface area contributed by atoms with E-state index in [1.807, 2.05) is 35.2 Å². The van der Waals surface area contributed by atoms with E-state index >= 15 is 0 Å². The molecule has 0 aromatic heterocycles. The fourth-order valence-corrected chi connectivity index (χ4v) is 3.91. The summed E-state index contributed by atoms with van der Waals surface area (Å²) < 4.78 is 0. The fourth-order valence-electron chi connectivity index (χ4n) is 3.91. The molecule has 4 rings (SSSR count). The van der Waals surface area contributed by atoms with E-state index in [1.165, 1.54) is 5.56 Å². The number of urea groups is 1. The van der Waals surface area contributed by atoms with Crippen LogP contribution in [0, 0.1) is 0 Å². The molecule has 2 heterocycles. The third kappa shape index (κ3) is 3.53. The molecule has 2 aromatic rings. The molecule has 6 nitrogen and oxygen atoms in total. The van der Waals surface area contributed by atoms with Crippen molar-refractivity contribution in [3.63, 3.8) is 0 Å². The number of carbonyl (C=O) groups excluding carboxylic acids is 2. The Hall–Kier alpha value is -2.86. The molecule has 0 unspecified atom stereocenters.